The van der Waals surface area contributed by atoms with Crippen molar-refractivity contribution in [3.63, 3.8) is 0 Å². The Morgan fingerprint density at radius 2 is 2.03 bits per heavy atom. The predicted octanol–water partition coefficient (Wildman–Crippen LogP) is 3.44. The number of carbonyl (C=O) groups excluding carboxylic acids is 2. The van der Waals surface area contributed by atoms with Crippen molar-refractivity contribution < 1.29 is 9.59 Å². The molecule has 1 aromatic carbocycles. The Hall–Kier alpha value is -2.71. The van der Waals surface area contributed by atoms with Gasteiger partial charge in [0.1, 0.15) is 6.04 Å². The molecule has 1 saturated heterocycles. The largest absolute Gasteiger partial charge is 0.353 e. The van der Waals surface area contributed by atoms with Crippen molar-refractivity contribution in [2.24, 2.45) is 5.92 Å². The molecule has 8 heteroatoms. The highest BCUT2D eigenvalue weighted by Gasteiger charge is 2.28. The van der Waals surface area contributed by atoms with Gasteiger partial charge < -0.3 is 15.2 Å². The molecule has 0 radical (unpaired) electrons. The van der Waals surface area contributed by atoms with E-state index < -0.39 is 6.04 Å². The first kappa shape index (κ1) is 22.5. The SMILES string of the molecule is CCN1CCCC1CNC(=O)[C@H](NC(=O)c1ccc2nc(-n3cccc3)sc2c1)C(C)C. The van der Waals surface area contributed by atoms with Crippen molar-refractivity contribution >= 4 is 33.4 Å². The van der Waals surface area contributed by atoms with Gasteiger partial charge in [0.05, 0.1) is 10.2 Å². The van der Waals surface area contributed by atoms with E-state index in [-0.39, 0.29) is 17.7 Å². The summed E-state index contributed by atoms with van der Waals surface area (Å²) in [7, 11) is 0. The molecule has 4 rings (SSSR count). The number of likely N-dealkylation sites (N-methyl/N-ethyl adjacent to an activating group) is 1. The summed E-state index contributed by atoms with van der Waals surface area (Å²) in [6, 6.07) is 9.19. The van der Waals surface area contributed by atoms with Gasteiger partial charge in [0, 0.05) is 30.5 Å². The van der Waals surface area contributed by atoms with Gasteiger partial charge in [0.15, 0.2) is 5.13 Å². The zero-order valence-corrected chi connectivity index (χ0v) is 19.7. The van der Waals surface area contributed by atoms with Crippen LogP contribution in [0.2, 0.25) is 0 Å². The van der Waals surface area contributed by atoms with E-state index in [1.165, 1.54) is 17.8 Å². The predicted molar refractivity (Wildman–Crippen MR) is 128 cm³/mol. The Kier molecular flexibility index (Phi) is 6.91. The molecule has 1 aliphatic rings. The Bertz CT molecular complexity index is 1080. The fourth-order valence-electron chi connectivity index (χ4n) is 4.26. The first-order valence-corrected chi connectivity index (χ1v) is 12.1. The second-order valence-electron chi connectivity index (χ2n) is 8.63. The van der Waals surface area contributed by atoms with E-state index in [9.17, 15) is 9.59 Å². The average Bonchev–Trinajstić information content (AvgIpc) is 3.54. The summed E-state index contributed by atoms with van der Waals surface area (Å²) < 4.78 is 2.89. The number of carbonyl (C=O) groups is 2. The Morgan fingerprint density at radius 3 is 2.75 bits per heavy atom. The van der Waals surface area contributed by atoms with Crippen LogP contribution < -0.4 is 10.6 Å². The third-order valence-electron chi connectivity index (χ3n) is 6.12. The van der Waals surface area contributed by atoms with Crippen LogP contribution in [0.15, 0.2) is 42.7 Å². The lowest BCUT2D eigenvalue weighted by Gasteiger charge is -2.26. The zero-order valence-electron chi connectivity index (χ0n) is 18.9. The number of likely N-dealkylation sites (tertiary alicyclic amines) is 1. The Labute approximate surface area is 192 Å². The summed E-state index contributed by atoms with van der Waals surface area (Å²) in [6.07, 6.45) is 6.17. The van der Waals surface area contributed by atoms with E-state index in [4.69, 9.17) is 0 Å². The third-order valence-corrected chi connectivity index (χ3v) is 7.15. The van der Waals surface area contributed by atoms with Crippen LogP contribution in [0.4, 0.5) is 0 Å². The fourth-order valence-corrected chi connectivity index (χ4v) is 5.23. The van der Waals surface area contributed by atoms with Gasteiger partial charge in [-0.05, 0) is 62.2 Å². The number of thiazole rings is 1. The molecule has 0 bridgehead atoms. The molecule has 3 heterocycles. The van der Waals surface area contributed by atoms with Crippen LogP contribution in [-0.4, -0.2) is 58.0 Å². The van der Waals surface area contributed by atoms with E-state index in [1.807, 2.05) is 55.1 Å². The Balaban J connectivity index is 1.43. The van der Waals surface area contributed by atoms with Gasteiger partial charge in [-0.25, -0.2) is 4.98 Å². The van der Waals surface area contributed by atoms with Crippen LogP contribution in [0.5, 0.6) is 0 Å². The minimum Gasteiger partial charge on any atom is -0.353 e. The maximum absolute atomic E-state index is 13.0. The average molecular weight is 454 g/mol. The minimum atomic E-state index is -0.577. The highest BCUT2D eigenvalue weighted by atomic mass is 32.1. The summed E-state index contributed by atoms with van der Waals surface area (Å²) in [6.45, 7) is 8.77. The lowest BCUT2D eigenvalue weighted by molar-refractivity contribution is -0.124. The van der Waals surface area contributed by atoms with Gasteiger partial charge in [-0.2, -0.15) is 0 Å². The number of benzene rings is 1. The van der Waals surface area contributed by atoms with E-state index in [1.54, 1.807) is 6.07 Å². The maximum Gasteiger partial charge on any atom is 0.251 e. The second-order valence-corrected chi connectivity index (χ2v) is 9.64. The monoisotopic (exact) mass is 453 g/mol. The number of nitrogens with one attached hydrogen (secondary N) is 2. The van der Waals surface area contributed by atoms with Gasteiger partial charge in [0.25, 0.3) is 5.91 Å². The summed E-state index contributed by atoms with van der Waals surface area (Å²) >= 11 is 1.53. The highest BCUT2D eigenvalue weighted by Crippen LogP contribution is 2.26. The van der Waals surface area contributed by atoms with Crippen LogP contribution >= 0.6 is 11.3 Å². The smallest absolute Gasteiger partial charge is 0.251 e. The minimum absolute atomic E-state index is 0.0164. The molecule has 0 aliphatic carbocycles. The molecule has 1 aliphatic heterocycles. The lowest BCUT2D eigenvalue weighted by atomic mass is 10.0. The molecule has 2 atom stereocenters. The molecule has 170 valence electrons. The van der Waals surface area contributed by atoms with E-state index in [0.29, 0.717) is 18.2 Å². The Morgan fingerprint density at radius 1 is 1.25 bits per heavy atom. The van der Waals surface area contributed by atoms with Crippen molar-refractivity contribution in [2.75, 3.05) is 19.6 Å². The van der Waals surface area contributed by atoms with Crippen molar-refractivity contribution in [1.29, 1.82) is 0 Å². The van der Waals surface area contributed by atoms with Crippen molar-refractivity contribution in [1.82, 2.24) is 25.1 Å². The third kappa shape index (κ3) is 4.86. The molecule has 2 N–H and O–H groups in total. The molecule has 32 heavy (non-hydrogen) atoms. The molecule has 2 aromatic heterocycles. The quantitative estimate of drug-likeness (QED) is 0.548. The maximum atomic E-state index is 13.0. The molecule has 1 fully saturated rings. The summed E-state index contributed by atoms with van der Waals surface area (Å²) in [5.74, 6) is -0.380. The zero-order chi connectivity index (χ0) is 22.7. The summed E-state index contributed by atoms with van der Waals surface area (Å²) in [4.78, 5) is 32.9. The summed E-state index contributed by atoms with van der Waals surface area (Å²) in [5, 5.41) is 6.87. The number of rotatable bonds is 8. The number of hydrogen-bond acceptors (Lipinski definition) is 5. The van der Waals surface area contributed by atoms with Crippen molar-refractivity contribution in [3.8, 4) is 5.13 Å². The van der Waals surface area contributed by atoms with Crippen LogP contribution in [-0.2, 0) is 4.79 Å². The van der Waals surface area contributed by atoms with Gasteiger partial charge in [-0.15, -0.1) is 0 Å². The van der Waals surface area contributed by atoms with Gasteiger partial charge in [-0.3, -0.25) is 14.5 Å². The topological polar surface area (TPSA) is 79.3 Å². The van der Waals surface area contributed by atoms with Crippen molar-refractivity contribution in [2.45, 2.75) is 45.7 Å². The van der Waals surface area contributed by atoms with Gasteiger partial charge >= 0.3 is 0 Å². The highest BCUT2D eigenvalue weighted by molar-refractivity contribution is 7.20. The number of fused-ring (bicyclic) bond motifs is 1. The molecular weight excluding hydrogens is 422 g/mol. The lowest BCUT2D eigenvalue weighted by Crippen LogP contribution is -2.52. The number of aromatic nitrogens is 2. The molecular formula is C24H31N5O2S. The number of hydrogen-bond donors (Lipinski definition) is 2. The number of nitrogens with zero attached hydrogens (tertiary/aromatic N) is 3. The second kappa shape index (κ2) is 9.83. The molecule has 2 amide bonds. The molecule has 0 spiro atoms. The van der Waals surface area contributed by atoms with E-state index in [0.717, 1.165) is 34.9 Å². The normalized spacial score (nSPS) is 17.7. The van der Waals surface area contributed by atoms with Crippen LogP contribution in [0, 0.1) is 5.92 Å². The summed E-state index contributed by atoms with van der Waals surface area (Å²) in [5.41, 5.74) is 1.39. The van der Waals surface area contributed by atoms with E-state index >= 15 is 0 Å². The molecule has 1 unspecified atom stereocenters. The number of amides is 2. The van der Waals surface area contributed by atoms with Crippen LogP contribution in [0.3, 0.4) is 0 Å². The first-order chi connectivity index (χ1) is 15.5. The molecule has 7 nitrogen and oxygen atoms in total. The van der Waals surface area contributed by atoms with Crippen LogP contribution in [0.25, 0.3) is 15.3 Å². The standard InChI is InChI=1S/C24H31N5O2S/c1-4-28-13-7-8-18(28)15-25-23(31)21(16(2)3)27-22(30)17-9-10-19-20(14-17)32-24(26-19)29-11-5-6-12-29/h5-6,9-12,14,16,18,21H,4,7-8,13,15H2,1-3H3,(H,25,31)(H,27,30)/t18?,21-/m1/s1. The van der Waals surface area contributed by atoms with Crippen LogP contribution in [0.1, 0.15) is 44.0 Å². The van der Waals surface area contributed by atoms with Gasteiger partial charge in [0.2, 0.25) is 5.91 Å². The fraction of sp³-hybridized carbons (Fsp3) is 0.458. The van der Waals surface area contributed by atoms with E-state index in [2.05, 4.69) is 27.4 Å². The molecule has 3 aromatic rings. The van der Waals surface area contributed by atoms with Gasteiger partial charge in [-0.1, -0.05) is 32.1 Å². The van der Waals surface area contributed by atoms with Crippen molar-refractivity contribution in [3.05, 3.63) is 48.3 Å². The first-order valence-electron chi connectivity index (χ1n) is 11.3. The molecule has 0 saturated carbocycles.